The second-order valence-corrected chi connectivity index (χ2v) is 5.90. The Bertz CT molecular complexity index is 348. The lowest BCUT2D eigenvalue weighted by molar-refractivity contribution is -0.144. The molecule has 0 aromatic rings. The Balaban J connectivity index is 5.68. The first-order valence-electron chi connectivity index (χ1n) is 7.10. The van der Waals surface area contributed by atoms with Crippen LogP contribution in [0.5, 0.6) is 0 Å². The minimum atomic E-state index is -1.00. The van der Waals surface area contributed by atoms with Crippen molar-refractivity contribution in [2.75, 3.05) is 13.7 Å². The van der Waals surface area contributed by atoms with Crippen molar-refractivity contribution >= 4 is 11.7 Å². The van der Waals surface area contributed by atoms with E-state index in [2.05, 4.69) is 5.16 Å². The van der Waals surface area contributed by atoms with E-state index >= 15 is 0 Å². The molecule has 20 heavy (non-hydrogen) atoms. The molecule has 0 radical (unpaired) electrons. The van der Waals surface area contributed by atoms with Gasteiger partial charge in [0.2, 0.25) is 5.91 Å². The number of aliphatic hydroxyl groups excluding tert-OH is 1. The number of amides is 1. The van der Waals surface area contributed by atoms with E-state index in [9.17, 15) is 9.90 Å². The number of hydrogen-bond donors (Lipinski definition) is 3. The number of carbonyl (C=O) groups is 1. The number of oxime groups is 1. The third-order valence-electron chi connectivity index (χ3n) is 3.96. The van der Waals surface area contributed by atoms with Crippen LogP contribution in [0, 0.1) is 5.41 Å². The molecule has 0 rings (SSSR count). The third kappa shape index (κ3) is 3.62. The smallest absolute Gasteiger partial charge is 0.236 e. The first-order chi connectivity index (χ1) is 9.23. The highest BCUT2D eigenvalue weighted by Gasteiger charge is 2.45. The topological polar surface area (TPSA) is 99.2 Å². The number of hydrogen-bond acceptors (Lipinski definition) is 4. The van der Waals surface area contributed by atoms with E-state index < -0.39 is 11.0 Å². The summed E-state index contributed by atoms with van der Waals surface area (Å²) in [4.78, 5) is 14.4. The molecule has 0 bridgehead atoms. The largest absolute Gasteiger partial charge is 0.409 e. The number of rotatable bonds is 8. The fraction of sp³-hybridized carbons (Fsp3) is 0.857. The fourth-order valence-corrected chi connectivity index (χ4v) is 2.36. The van der Waals surface area contributed by atoms with Crippen molar-refractivity contribution in [2.45, 2.75) is 58.9 Å². The molecule has 0 saturated heterocycles. The van der Waals surface area contributed by atoms with Gasteiger partial charge in [0.1, 0.15) is 5.41 Å². The second-order valence-electron chi connectivity index (χ2n) is 5.90. The summed E-state index contributed by atoms with van der Waals surface area (Å²) in [6.45, 7) is 7.32. The molecule has 0 heterocycles. The minimum Gasteiger partial charge on any atom is -0.409 e. The summed E-state index contributed by atoms with van der Waals surface area (Å²) in [5.41, 5.74) is 4.14. The lowest BCUT2D eigenvalue weighted by atomic mass is 9.76. The highest BCUT2D eigenvalue weighted by Crippen LogP contribution is 2.34. The number of carbonyl (C=O) groups excluding carboxylic acids is 1. The molecule has 4 N–H and O–H groups in total. The zero-order chi connectivity index (χ0) is 16.0. The first kappa shape index (κ1) is 18.7. The van der Waals surface area contributed by atoms with Crippen LogP contribution in [-0.4, -0.2) is 46.1 Å². The van der Waals surface area contributed by atoms with E-state index in [1.807, 2.05) is 13.8 Å². The second kappa shape index (κ2) is 7.47. The van der Waals surface area contributed by atoms with Crippen LogP contribution in [0.4, 0.5) is 0 Å². The summed E-state index contributed by atoms with van der Waals surface area (Å²) in [7, 11) is 1.64. The van der Waals surface area contributed by atoms with E-state index in [-0.39, 0.29) is 18.3 Å². The van der Waals surface area contributed by atoms with Gasteiger partial charge in [-0.05, 0) is 26.7 Å². The Kier molecular flexibility index (Phi) is 6.99. The Hall–Kier alpha value is -1.30. The van der Waals surface area contributed by atoms with E-state index in [1.54, 1.807) is 20.9 Å². The molecular formula is C14H29N3O3. The van der Waals surface area contributed by atoms with Crippen LogP contribution in [0.15, 0.2) is 5.16 Å². The quantitative estimate of drug-likeness (QED) is 0.273. The third-order valence-corrected chi connectivity index (χ3v) is 3.96. The molecule has 0 fully saturated rings. The molecule has 0 spiro atoms. The van der Waals surface area contributed by atoms with Gasteiger partial charge in [0.15, 0.2) is 5.84 Å². The summed E-state index contributed by atoms with van der Waals surface area (Å²) >= 11 is 0. The van der Waals surface area contributed by atoms with E-state index in [0.717, 1.165) is 12.8 Å². The van der Waals surface area contributed by atoms with Crippen LogP contribution >= 0.6 is 0 Å². The molecule has 0 aromatic carbocycles. The molecule has 0 aliphatic rings. The summed E-state index contributed by atoms with van der Waals surface area (Å²) in [6.07, 6.45) is 2.52. The van der Waals surface area contributed by atoms with Crippen LogP contribution in [0.25, 0.3) is 0 Å². The molecular weight excluding hydrogens is 258 g/mol. The van der Waals surface area contributed by atoms with E-state index in [0.29, 0.717) is 12.8 Å². The number of nitrogens with zero attached hydrogens (tertiary/aromatic N) is 2. The van der Waals surface area contributed by atoms with Gasteiger partial charge >= 0.3 is 0 Å². The fourth-order valence-electron chi connectivity index (χ4n) is 2.36. The number of amidine groups is 1. The molecule has 0 aromatic heterocycles. The molecule has 0 unspecified atom stereocenters. The molecule has 1 amide bonds. The van der Waals surface area contributed by atoms with Crippen molar-refractivity contribution in [3.8, 4) is 0 Å². The van der Waals surface area contributed by atoms with Crippen molar-refractivity contribution < 1.29 is 15.1 Å². The molecule has 0 aliphatic heterocycles. The predicted molar refractivity (Wildman–Crippen MR) is 79.6 cm³/mol. The van der Waals surface area contributed by atoms with Crippen molar-refractivity contribution in [3.05, 3.63) is 0 Å². The summed E-state index contributed by atoms with van der Waals surface area (Å²) in [5.74, 6) is -0.262. The Labute approximate surface area is 121 Å². The van der Waals surface area contributed by atoms with Gasteiger partial charge in [-0.2, -0.15) is 0 Å². The average molecular weight is 287 g/mol. The number of nitrogens with two attached hydrogens (primary N) is 1. The van der Waals surface area contributed by atoms with Crippen LogP contribution in [0.2, 0.25) is 0 Å². The lowest BCUT2D eigenvalue weighted by Gasteiger charge is -2.41. The minimum absolute atomic E-state index is 0.0493. The zero-order valence-corrected chi connectivity index (χ0v) is 13.3. The summed E-state index contributed by atoms with van der Waals surface area (Å²) in [5, 5.41) is 21.6. The van der Waals surface area contributed by atoms with Crippen molar-refractivity contribution in [1.82, 2.24) is 4.90 Å². The summed E-state index contributed by atoms with van der Waals surface area (Å²) in [6, 6.07) is 0. The van der Waals surface area contributed by atoms with Crippen LogP contribution < -0.4 is 5.73 Å². The van der Waals surface area contributed by atoms with Gasteiger partial charge in [-0.25, -0.2) is 0 Å². The van der Waals surface area contributed by atoms with Gasteiger partial charge in [-0.1, -0.05) is 31.8 Å². The maximum Gasteiger partial charge on any atom is 0.236 e. The maximum atomic E-state index is 12.9. The SMILES string of the molecule is CCCC(CCC)(C(=O)N(C)C(C)(C)CO)C(N)=NO. The van der Waals surface area contributed by atoms with Crippen molar-refractivity contribution in [1.29, 1.82) is 0 Å². The van der Waals surface area contributed by atoms with Gasteiger partial charge in [0.05, 0.1) is 12.1 Å². The van der Waals surface area contributed by atoms with Crippen molar-refractivity contribution in [2.24, 2.45) is 16.3 Å². The predicted octanol–water partition coefficient (Wildman–Crippen LogP) is 1.55. The zero-order valence-electron chi connectivity index (χ0n) is 13.3. The van der Waals surface area contributed by atoms with Gasteiger partial charge in [-0.3, -0.25) is 4.79 Å². The highest BCUT2D eigenvalue weighted by atomic mass is 16.4. The molecule has 0 atom stereocenters. The average Bonchev–Trinajstić information content (AvgIpc) is 2.44. The van der Waals surface area contributed by atoms with Crippen LogP contribution in [0.1, 0.15) is 53.4 Å². The molecule has 0 saturated carbocycles. The van der Waals surface area contributed by atoms with Crippen molar-refractivity contribution in [3.63, 3.8) is 0 Å². The highest BCUT2D eigenvalue weighted by molar-refractivity contribution is 6.06. The van der Waals surface area contributed by atoms with Gasteiger partial charge in [0.25, 0.3) is 0 Å². The van der Waals surface area contributed by atoms with Gasteiger partial charge < -0.3 is 20.9 Å². The lowest BCUT2D eigenvalue weighted by Crippen LogP contribution is -2.57. The Morgan fingerprint density at radius 2 is 1.70 bits per heavy atom. The van der Waals surface area contributed by atoms with Crippen LogP contribution in [0.3, 0.4) is 0 Å². The Morgan fingerprint density at radius 3 is 2.00 bits per heavy atom. The number of aliphatic hydroxyl groups is 1. The monoisotopic (exact) mass is 287 g/mol. The first-order valence-corrected chi connectivity index (χ1v) is 7.10. The summed E-state index contributed by atoms with van der Waals surface area (Å²) < 4.78 is 0. The Morgan fingerprint density at radius 1 is 1.25 bits per heavy atom. The van der Waals surface area contributed by atoms with E-state index in [1.165, 1.54) is 4.90 Å². The number of likely N-dealkylation sites (N-methyl/N-ethyl adjacent to an activating group) is 1. The van der Waals surface area contributed by atoms with Gasteiger partial charge in [0, 0.05) is 7.05 Å². The molecule has 6 heteroatoms. The standard InChI is InChI=1S/C14H29N3O3/c1-6-8-14(9-7-2,11(15)16-20)12(19)17(5)13(3,4)10-18/h18,20H,6-10H2,1-5H3,(H2,15,16). The molecule has 118 valence electrons. The van der Waals surface area contributed by atoms with Crippen LogP contribution in [-0.2, 0) is 4.79 Å². The normalized spacial score (nSPS) is 13.4. The maximum absolute atomic E-state index is 12.9. The molecule has 0 aliphatic carbocycles. The van der Waals surface area contributed by atoms with Gasteiger partial charge in [-0.15, -0.1) is 0 Å². The molecule has 6 nitrogen and oxygen atoms in total. The van der Waals surface area contributed by atoms with E-state index in [4.69, 9.17) is 10.9 Å².